The molecule has 2 saturated heterocycles. The largest absolute Gasteiger partial charge is 0.357 e. The van der Waals surface area contributed by atoms with Crippen molar-refractivity contribution in [2.45, 2.75) is 46.0 Å². The lowest BCUT2D eigenvalue weighted by Gasteiger charge is -2.35. The van der Waals surface area contributed by atoms with Gasteiger partial charge in [-0.3, -0.25) is 4.79 Å². The topological polar surface area (TPSA) is 36.4 Å². The first-order valence-corrected chi connectivity index (χ1v) is 9.14. The Balaban J connectivity index is 1.67. The van der Waals surface area contributed by atoms with E-state index >= 15 is 0 Å². The lowest BCUT2D eigenvalue weighted by molar-refractivity contribution is 0.0622. The number of hydrogen-bond donors (Lipinski definition) is 0. The van der Waals surface area contributed by atoms with E-state index in [1.165, 1.54) is 32.1 Å². The van der Waals surface area contributed by atoms with Crippen molar-refractivity contribution in [2.75, 3.05) is 31.1 Å². The van der Waals surface area contributed by atoms with Gasteiger partial charge in [0.05, 0.1) is 5.56 Å². The maximum atomic E-state index is 12.7. The second-order valence-electron chi connectivity index (χ2n) is 7.46. The molecular formula is C19H29N3O. The highest BCUT2D eigenvalue weighted by molar-refractivity contribution is 5.94. The van der Waals surface area contributed by atoms with Crippen molar-refractivity contribution in [1.29, 1.82) is 0 Å². The van der Waals surface area contributed by atoms with Gasteiger partial charge in [0, 0.05) is 32.4 Å². The van der Waals surface area contributed by atoms with Crippen LogP contribution in [0.5, 0.6) is 0 Å². The molecule has 0 aliphatic carbocycles. The zero-order valence-electron chi connectivity index (χ0n) is 14.5. The summed E-state index contributed by atoms with van der Waals surface area (Å²) < 4.78 is 0. The Bertz CT molecular complexity index is 510. The molecule has 0 bridgehead atoms. The number of carbonyl (C=O) groups excluding carboxylic acids is 1. The lowest BCUT2D eigenvalue weighted by Crippen LogP contribution is -2.42. The van der Waals surface area contributed by atoms with E-state index < -0.39 is 0 Å². The third-order valence-electron chi connectivity index (χ3n) is 5.08. The number of hydrogen-bond acceptors (Lipinski definition) is 3. The second kappa shape index (κ2) is 7.33. The van der Waals surface area contributed by atoms with E-state index in [-0.39, 0.29) is 5.91 Å². The molecule has 0 aromatic carbocycles. The number of anilines is 1. The fourth-order valence-electron chi connectivity index (χ4n) is 4.01. The molecule has 0 radical (unpaired) electrons. The van der Waals surface area contributed by atoms with Gasteiger partial charge in [0.25, 0.3) is 5.91 Å². The number of pyridine rings is 1. The van der Waals surface area contributed by atoms with E-state index in [0.717, 1.165) is 37.6 Å². The molecule has 3 rings (SSSR count). The van der Waals surface area contributed by atoms with Crippen molar-refractivity contribution in [2.24, 2.45) is 11.8 Å². The monoisotopic (exact) mass is 315 g/mol. The normalized spacial score (nSPS) is 26.0. The highest BCUT2D eigenvalue weighted by atomic mass is 16.2. The number of piperidine rings is 1. The van der Waals surface area contributed by atoms with Gasteiger partial charge < -0.3 is 9.80 Å². The van der Waals surface area contributed by atoms with Gasteiger partial charge in [-0.25, -0.2) is 4.98 Å². The van der Waals surface area contributed by atoms with Crippen LogP contribution in [0.15, 0.2) is 18.3 Å². The summed E-state index contributed by atoms with van der Waals surface area (Å²) in [6.07, 6.45) is 8.11. The zero-order valence-corrected chi connectivity index (χ0v) is 14.5. The third-order valence-corrected chi connectivity index (χ3v) is 5.08. The summed E-state index contributed by atoms with van der Waals surface area (Å²) in [7, 11) is 0. The van der Waals surface area contributed by atoms with E-state index in [4.69, 9.17) is 0 Å². The SMILES string of the molecule is CC1CC(C)CN(C(=O)c2ccc(N3CCCCCC3)nc2)C1. The van der Waals surface area contributed by atoms with E-state index in [0.29, 0.717) is 11.8 Å². The summed E-state index contributed by atoms with van der Waals surface area (Å²) >= 11 is 0. The standard InChI is InChI=1S/C19H29N3O/c1-15-11-16(2)14-22(13-15)19(23)17-7-8-18(20-12-17)21-9-5-3-4-6-10-21/h7-8,12,15-16H,3-6,9-11,13-14H2,1-2H3. The van der Waals surface area contributed by atoms with E-state index in [2.05, 4.69) is 23.7 Å². The van der Waals surface area contributed by atoms with Crippen LogP contribution in [0.2, 0.25) is 0 Å². The van der Waals surface area contributed by atoms with Gasteiger partial charge in [-0.05, 0) is 43.2 Å². The first-order valence-electron chi connectivity index (χ1n) is 9.14. The first kappa shape index (κ1) is 16.3. The molecule has 3 heterocycles. The summed E-state index contributed by atoms with van der Waals surface area (Å²) in [5, 5.41) is 0. The average Bonchev–Trinajstić information content (AvgIpc) is 2.83. The van der Waals surface area contributed by atoms with Crippen LogP contribution in [0.3, 0.4) is 0 Å². The van der Waals surface area contributed by atoms with Gasteiger partial charge in [0.15, 0.2) is 0 Å². The Morgan fingerprint density at radius 1 is 1.04 bits per heavy atom. The molecule has 2 aliphatic heterocycles. The number of rotatable bonds is 2. The summed E-state index contributed by atoms with van der Waals surface area (Å²) in [6.45, 7) is 8.38. The molecule has 1 amide bonds. The van der Waals surface area contributed by atoms with Crippen molar-refractivity contribution in [3.05, 3.63) is 23.9 Å². The Hall–Kier alpha value is -1.58. The van der Waals surface area contributed by atoms with Crippen LogP contribution in [0.4, 0.5) is 5.82 Å². The first-order chi connectivity index (χ1) is 11.1. The fourth-order valence-corrected chi connectivity index (χ4v) is 4.01. The van der Waals surface area contributed by atoms with Crippen molar-refractivity contribution < 1.29 is 4.79 Å². The van der Waals surface area contributed by atoms with Crippen LogP contribution >= 0.6 is 0 Å². The predicted molar refractivity (Wildman–Crippen MR) is 93.8 cm³/mol. The minimum atomic E-state index is 0.137. The van der Waals surface area contributed by atoms with Crippen molar-refractivity contribution in [3.8, 4) is 0 Å². The molecule has 1 aromatic rings. The van der Waals surface area contributed by atoms with Crippen LogP contribution < -0.4 is 4.90 Å². The van der Waals surface area contributed by atoms with Crippen LogP contribution in [-0.4, -0.2) is 42.0 Å². The molecule has 2 fully saturated rings. The second-order valence-corrected chi connectivity index (χ2v) is 7.46. The van der Waals surface area contributed by atoms with Crippen molar-refractivity contribution in [3.63, 3.8) is 0 Å². The highest BCUT2D eigenvalue weighted by Gasteiger charge is 2.26. The summed E-state index contributed by atoms with van der Waals surface area (Å²) in [6, 6.07) is 3.98. The molecule has 23 heavy (non-hydrogen) atoms. The Kier molecular flexibility index (Phi) is 5.19. The molecule has 4 nitrogen and oxygen atoms in total. The number of nitrogens with zero attached hydrogens (tertiary/aromatic N) is 3. The number of carbonyl (C=O) groups is 1. The molecule has 0 saturated carbocycles. The fraction of sp³-hybridized carbons (Fsp3) is 0.684. The molecule has 2 unspecified atom stereocenters. The molecular weight excluding hydrogens is 286 g/mol. The maximum absolute atomic E-state index is 12.7. The minimum Gasteiger partial charge on any atom is -0.357 e. The number of likely N-dealkylation sites (tertiary alicyclic amines) is 1. The quantitative estimate of drug-likeness (QED) is 0.837. The molecule has 126 valence electrons. The number of amides is 1. The van der Waals surface area contributed by atoms with Crippen molar-refractivity contribution >= 4 is 11.7 Å². The Labute approximate surface area is 139 Å². The van der Waals surface area contributed by atoms with Gasteiger partial charge in [0.2, 0.25) is 0 Å². The Morgan fingerprint density at radius 2 is 1.70 bits per heavy atom. The molecule has 2 aliphatic rings. The highest BCUT2D eigenvalue weighted by Crippen LogP contribution is 2.23. The predicted octanol–water partition coefficient (Wildman–Crippen LogP) is 3.58. The van der Waals surface area contributed by atoms with Crippen LogP contribution in [0.25, 0.3) is 0 Å². The molecule has 4 heteroatoms. The maximum Gasteiger partial charge on any atom is 0.255 e. The van der Waals surface area contributed by atoms with E-state index in [9.17, 15) is 4.79 Å². The van der Waals surface area contributed by atoms with Crippen molar-refractivity contribution in [1.82, 2.24) is 9.88 Å². The molecule has 2 atom stereocenters. The van der Waals surface area contributed by atoms with E-state index in [1.54, 1.807) is 6.20 Å². The van der Waals surface area contributed by atoms with Gasteiger partial charge in [-0.15, -0.1) is 0 Å². The van der Waals surface area contributed by atoms with Gasteiger partial charge >= 0.3 is 0 Å². The average molecular weight is 315 g/mol. The Morgan fingerprint density at radius 3 is 2.26 bits per heavy atom. The summed E-state index contributed by atoms with van der Waals surface area (Å²) in [5.74, 6) is 2.33. The lowest BCUT2D eigenvalue weighted by atomic mass is 9.91. The summed E-state index contributed by atoms with van der Waals surface area (Å²) in [5.41, 5.74) is 0.727. The molecule has 0 spiro atoms. The smallest absolute Gasteiger partial charge is 0.255 e. The van der Waals surface area contributed by atoms with E-state index in [1.807, 2.05) is 17.0 Å². The zero-order chi connectivity index (χ0) is 16.2. The molecule has 1 aromatic heterocycles. The van der Waals surface area contributed by atoms with Gasteiger partial charge in [-0.1, -0.05) is 26.7 Å². The minimum absolute atomic E-state index is 0.137. The van der Waals surface area contributed by atoms with Gasteiger partial charge in [-0.2, -0.15) is 0 Å². The van der Waals surface area contributed by atoms with Crippen LogP contribution in [0, 0.1) is 11.8 Å². The summed E-state index contributed by atoms with van der Waals surface area (Å²) in [4.78, 5) is 21.6. The van der Waals surface area contributed by atoms with Crippen LogP contribution in [-0.2, 0) is 0 Å². The van der Waals surface area contributed by atoms with Crippen LogP contribution in [0.1, 0.15) is 56.3 Å². The van der Waals surface area contributed by atoms with Gasteiger partial charge in [0.1, 0.15) is 5.82 Å². The third kappa shape index (κ3) is 4.04. The molecule has 0 N–H and O–H groups in total. The number of aromatic nitrogens is 1.